The summed E-state index contributed by atoms with van der Waals surface area (Å²) in [5, 5.41) is 3.77. The fourth-order valence-electron chi connectivity index (χ4n) is 1.01. The fraction of sp³-hybridized carbons (Fsp3) is 0.571. The molecule has 1 atom stereocenters. The van der Waals surface area contributed by atoms with E-state index in [-0.39, 0.29) is 0 Å². The molecule has 0 amide bonds. The SMILES string of the molecule is Cn1nccc1C(C)(N)C(F)F. The molecule has 0 fully saturated rings. The Kier molecular flexibility index (Phi) is 2.14. The van der Waals surface area contributed by atoms with Gasteiger partial charge in [0.25, 0.3) is 6.43 Å². The maximum atomic E-state index is 12.4. The maximum Gasteiger partial charge on any atom is 0.261 e. The first-order valence-corrected chi connectivity index (χ1v) is 3.51. The van der Waals surface area contributed by atoms with Gasteiger partial charge in [-0.1, -0.05) is 0 Å². The van der Waals surface area contributed by atoms with Crippen LogP contribution >= 0.6 is 0 Å². The van der Waals surface area contributed by atoms with Gasteiger partial charge in [-0.05, 0) is 13.0 Å². The van der Waals surface area contributed by atoms with Crippen LogP contribution in [-0.2, 0) is 12.6 Å². The lowest BCUT2D eigenvalue weighted by atomic mass is 10.0. The molecule has 0 aromatic carbocycles. The summed E-state index contributed by atoms with van der Waals surface area (Å²) in [6.07, 6.45) is -1.14. The Balaban J connectivity index is 3.05. The lowest BCUT2D eigenvalue weighted by Gasteiger charge is -2.23. The molecule has 5 heteroatoms. The molecule has 1 unspecified atom stereocenters. The number of rotatable bonds is 2. The number of aryl methyl sites for hydroxylation is 1. The topological polar surface area (TPSA) is 43.8 Å². The Labute approximate surface area is 69.2 Å². The summed E-state index contributed by atoms with van der Waals surface area (Å²) in [6, 6.07) is 1.49. The molecule has 3 nitrogen and oxygen atoms in total. The second-order valence-corrected chi connectivity index (χ2v) is 2.92. The normalized spacial score (nSPS) is 16.5. The average Bonchev–Trinajstić information content (AvgIpc) is 2.35. The standard InChI is InChI=1S/C7H11F2N3/c1-7(10,6(8)9)5-3-4-11-12(5)2/h3-4,6H,10H2,1-2H3. The molecule has 1 heterocycles. The van der Waals surface area contributed by atoms with Gasteiger partial charge in [-0.25, -0.2) is 8.78 Å². The van der Waals surface area contributed by atoms with Crippen molar-refractivity contribution in [3.8, 4) is 0 Å². The van der Waals surface area contributed by atoms with Crippen molar-refractivity contribution < 1.29 is 8.78 Å². The molecule has 1 aromatic heterocycles. The highest BCUT2D eigenvalue weighted by molar-refractivity contribution is 5.13. The summed E-state index contributed by atoms with van der Waals surface area (Å²) in [5.74, 6) is 0. The summed E-state index contributed by atoms with van der Waals surface area (Å²) in [5.41, 5.74) is 4.13. The second kappa shape index (κ2) is 2.82. The highest BCUT2D eigenvalue weighted by atomic mass is 19.3. The van der Waals surface area contributed by atoms with Gasteiger partial charge in [0.1, 0.15) is 5.54 Å². The van der Waals surface area contributed by atoms with Gasteiger partial charge in [0, 0.05) is 13.2 Å². The predicted molar refractivity (Wildman–Crippen MR) is 40.8 cm³/mol. The van der Waals surface area contributed by atoms with E-state index in [1.54, 1.807) is 7.05 Å². The zero-order chi connectivity index (χ0) is 9.35. The van der Waals surface area contributed by atoms with Gasteiger partial charge in [0.05, 0.1) is 5.69 Å². The number of halogens is 2. The minimum absolute atomic E-state index is 0.331. The van der Waals surface area contributed by atoms with Crippen molar-refractivity contribution in [2.75, 3.05) is 0 Å². The lowest BCUT2D eigenvalue weighted by molar-refractivity contribution is 0.0580. The number of nitrogens with two attached hydrogens (primary N) is 1. The predicted octanol–water partition coefficient (Wildman–Crippen LogP) is 0.859. The van der Waals surface area contributed by atoms with Crippen molar-refractivity contribution >= 4 is 0 Å². The second-order valence-electron chi connectivity index (χ2n) is 2.92. The molecule has 0 aliphatic heterocycles. The van der Waals surface area contributed by atoms with Gasteiger partial charge < -0.3 is 5.73 Å². The minimum Gasteiger partial charge on any atom is -0.316 e. The van der Waals surface area contributed by atoms with Crippen molar-refractivity contribution in [1.82, 2.24) is 9.78 Å². The zero-order valence-electron chi connectivity index (χ0n) is 6.96. The molecule has 1 rings (SSSR count). The Bertz CT molecular complexity index is 267. The largest absolute Gasteiger partial charge is 0.316 e. The van der Waals surface area contributed by atoms with Crippen LogP contribution in [0.15, 0.2) is 12.3 Å². The Morgan fingerprint density at radius 2 is 2.25 bits per heavy atom. The average molecular weight is 175 g/mol. The van der Waals surface area contributed by atoms with Crippen molar-refractivity contribution in [2.24, 2.45) is 12.8 Å². The van der Waals surface area contributed by atoms with Crippen LogP contribution in [0, 0.1) is 0 Å². The Morgan fingerprint density at radius 3 is 2.58 bits per heavy atom. The first-order valence-electron chi connectivity index (χ1n) is 3.51. The van der Waals surface area contributed by atoms with E-state index >= 15 is 0 Å². The van der Waals surface area contributed by atoms with Crippen LogP contribution in [0.25, 0.3) is 0 Å². The Morgan fingerprint density at radius 1 is 1.67 bits per heavy atom. The molecule has 0 saturated heterocycles. The van der Waals surface area contributed by atoms with Gasteiger partial charge in [-0.15, -0.1) is 0 Å². The van der Waals surface area contributed by atoms with Crippen LogP contribution in [0.3, 0.4) is 0 Å². The minimum atomic E-state index is -2.59. The van der Waals surface area contributed by atoms with Crippen LogP contribution in [0.5, 0.6) is 0 Å². The van der Waals surface area contributed by atoms with Gasteiger partial charge in [0.15, 0.2) is 0 Å². The first kappa shape index (κ1) is 9.12. The molecule has 0 radical (unpaired) electrons. The lowest BCUT2D eigenvalue weighted by Crippen LogP contribution is -2.42. The van der Waals surface area contributed by atoms with Crippen LogP contribution in [-0.4, -0.2) is 16.2 Å². The third-order valence-electron chi connectivity index (χ3n) is 1.83. The number of hydrogen-bond donors (Lipinski definition) is 1. The highest BCUT2D eigenvalue weighted by Crippen LogP contribution is 2.23. The Hall–Kier alpha value is -0.970. The van der Waals surface area contributed by atoms with Crippen molar-refractivity contribution in [2.45, 2.75) is 18.9 Å². The van der Waals surface area contributed by atoms with Crippen molar-refractivity contribution in [3.05, 3.63) is 18.0 Å². The molecule has 1 aromatic rings. The third-order valence-corrected chi connectivity index (χ3v) is 1.83. The van der Waals surface area contributed by atoms with Crippen LogP contribution in [0.1, 0.15) is 12.6 Å². The summed E-state index contributed by atoms with van der Waals surface area (Å²) in [6.45, 7) is 1.29. The summed E-state index contributed by atoms with van der Waals surface area (Å²) < 4.78 is 26.1. The molecule has 0 spiro atoms. The van der Waals surface area contributed by atoms with Crippen LogP contribution in [0.4, 0.5) is 8.78 Å². The van der Waals surface area contributed by atoms with Gasteiger partial charge >= 0.3 is 0 Å². The van der Waals surface area contributed by atoms with E-state index < -0.39 is 12.0 Å². The molecule has 0 saturated carbocycles. The van der Waals surface area contributed by atoms with Gasteiger partial charge in [-0.3, -0.25) is 4.68 Å². The van der Waals surface area contributed by atoms with E-state index in [1.165, 1.54) is 23.9 Å². The number of alkyl halides is 2. The van der Waals surface area contributed by atoms with Crippen molar-refractivity contribution in [1.29, 1.82) is 0 Å². The molecule has 12 heavy (non-hydrogen) atoms. The van der Waals surface area contributed by atoms with Crippen molar-refractivity contribution in [3.63, 3.8) is 0 Å². The quantitative estimate of drug-likeness (QED) is 0.724. The number of aromatic nitrogens is 2. The molecule has 0 aliphatic rings. The molecular weight excluding hydrogens is 164 g/mol. The van der Waals surface area contributed by atoms with E-state index in [4.69, 9.17) is 5.73 Å². The third kappa shape index (κ3) is 1.32. The number of hydrogen-bond acceptors (Lipinski definition) is 2. The number of nitrogens with zero attached hydrogens (tertiary/aromatic N) is 2. The van der Waals surface area contributed by atoms with E-state index in [1.807, 2.05) is 0 Å². The van der Waals surface area contributed by atoms with E-state index in [0.29, 0.717) is 5.69 Å². The monoisotopic (exact) mass is 175 g/mol. The van der Waals surface area contributed by atoms with Gasteiger partial charge in [-0.2, -0.15) is 5.10 Å². The summed E-state index contributed by atoms with van der Waals surface area (Å²) >= 11 is 0. The maximum absolute atomic E-state index is 12.4. The van der Waals surface area contributed by atoms with E-state index in [9.17, 15) is 8.78 Å². The molecule has 68 valence electrons. The molecule has 0 bridgehead atoms. The first-order chi connectivity index (χ1) is 5.46. The summed E-state index contributed by atoms with van der Waals surface area (Å²) in [4.78, 5) is 0. The van der Waals surface area contributed by atoms with Gasteiger partial charge in [0.2, 0.25) is 0 Å². The van der Waals surface area contributed by atoms with Crippen LogP contribution in [0.2, 0.25) is 0 Å². The highest BCUT2D eigenvalue weighted by Gasteiger charge is 2.34. The van der Waals surface area contributed by atoms with E-state index in [0.717, 1.165) is 0 Å². The smallest absolute Gasteiger partial charge is 0.261 e. The summed E-state index contributed by atoms with van der Waals surface area (Å²) in [7, 11) is 1.59. The zero-order valence-corrected chi connectivity index (χ0v) is 6.96. The van der Waals surface area contributed by atoms with E-state index in [2.05, 4.69) is 5.10 Å². The molecule has 0 aliphatic carbocycles. The molecule has 2 N–H and O–H groups in total. The molecular formula is C7H11F2N3. The fourth-order valence-corrected chi connectivity index (χ4v) is 1.01. The van der Waals surface area contributed by atoms with Crippen LogP contribution < -0.4 is 5.73 Å².